The Hall–Kier alpha value is -4.42. The van der Waals surface area contributed by atoms with E-state index in [2.05, 4.69) is 26.3 Å². The van der Waals surface area contributed by atoms with Gasteiger partial charge in [-0.3, -0.25) is 14.5 Å². The van der Waals surface area contributed by atoms with Gasteiger partial charge in [0.15, 0.2) is 0 Å². The van der Waals surface area contributed by atoms with Gasteiger partial charge in [-0.1, -0.05) is 6.07 Å². The number of aryl methyl sites for hydroxylation is 1. The van der Waals surface area contributed by atoms with Crippen LogP contribution in [0.2, 0.25) is 0 Å². The Bertz CT molecular complexity index is 1630. The van der Waals surface area contributed by atoms with Gasteiger partial charge in [-0.15, -0.1) is 0 Å². The summed E-state index contributed by atoms with van der Waals surface area (Å²) in [6.07, 6.45) is 3.16. The van der Waals surface area contributed by atoms with Gasteiger partial charge in [0, 0.05) is 36.1 Å². The first-order valence-electron chi connectivity index (χ1n) is 9.75. The fourth-order valence-corrected chi connectivity index (χ4v) is 3.99. The number of nitriles is 1. The molecule has 5 aromatic rings. The zero-order valence-corrected chi connectivity index (χ0v) is 16.9. The maximum Gasteiger partial charge on any atom is 0.272 e. The molecule has 0 atom stereocenters. The second-order valence-corrected chi connectivity index (χ2v) is 7.29. The molecule has 9 heteroatoms. The number of nitrogens with zero attached hydrogens (tertiary/aromatic N) is 5. The Morgan fingerprint density at radius 3 is 2.84 bits per heavy atom. The Kier molecular flexibility index (Phi) is 4.50. The summed E-state index contributed by atoms with van der Waals surface area (Å²) in [6, 6.07) is 12.1. The second kappa shape index (κ2) is 7.37. The first-order valence-corrected chi connectivity index (χ1v) is 9.75. The van der Waals surface area contributed by atoms with Crippen LogP contribution in [-0.4, -0.2) is 25.0 Å². The van der Waals surface area contributed by atoms with Crippen molar-refractivity contribution in [1.29, 1.82) is 5.26 Å². The number of hydrogen-bond donors (Lipinski definition) is 2. The maximum atomic E-state index is 15.7. The zero-order chi connectivity index (χ0) is 22.4. The summed E-state index contributed by atoms with van der Waals surface area (Å²) in [4.78, 5) is 16.3. The van der Waals surface area contributed by atoms with Crippen molar-refractivity contribution in [3.63, 3.8) is 0 Å². The topological polar surface area (TPSA) is 126 Å². The molecule has 0 aliphatic heterocycles. The van der Waals surface area contributed by atoms with Crippen LogP contribution >= 0.6 is 0 Å². The van der Waals surface area contributed by atoms with E-state index >= 15 is 4.39 Å². The quantitative estimate of drug-likeness (QED) is 0.458. The number of halogens is 1. The summed E-state index contributed by atoms with van der Waals surface area (Å²) in [5, 5.41) is 21.9. The number of rotatable bonds is 3. The van der Waals surface area contributed by atoms with Crippen LogP contribution < -0.4 is 11.3 Å². The summed E-state index contributed by atoms with van der Waals surface area (Å²) in [5.74, 6) is -0.543. The number of aromatic amines is 1. The Morgan fingerprint density at radius 2 is 2.06 bits per heavy atom. The summed E-state index contributed by atoms with van der Waals surface area (Å²) < 4.78 is 17.2. The third kappa shape index (κ3) is 2.85. The number of pyridine rings is 1. The van der Waals surface area contributed by atoms with Crippen molar-refractivity contribution < 1.29 is 4.39 Å². The van der Waals surface area contributed by atoms with Crippen LogP contribution in [-0.2, 0) is 13.6 Å². The first kappa shape index (κ1) is 19.5. The van der Waals surface area contributed by atoms with Gasteiger partial charge >= 0.3 is 0 Å². The number of nitrogens with one attached hydrogen (secondary N) is 1. The van der Waals surface area contributed by atoms with Crippen molar-refractivity contribution in [1.82, 2.24) is 25.0 Å². The molecule has 0 fully saturated rings. The molecule has 0 radical (unpaired) electrons. The Labute approximate surface area is 180 Å². The van der Waals surface area contributed by atoms with Gasteiger partial charge in [-0.25, -0.2) is 9.49 Å². The van der Waals surface area contributed by atoms with Gasteiger partial charge in [-0.05, 0) is 35.9 Å². The van der Waals surface area contributed by atoms with Gasteiger partial charge in [-0.2, -0.15) is 15.5 Å². The minimum atomic E-state index is -0.543. The van der Waals surface area contributed by atoms with Crippen molar-refractivity contribution in [2.75, 3.05) is 0 Å². The van der Waals surface area contributed by atoms with Crippen LogP contribution in [0.15, 0.2) is 53.6 Å². The second-order valence-electron chi connectivity index (χ2n) is 7.29. The summed E-state index contributed by atoms with van der Waals surface area (Å²) in [5.41, 5.74) is 8.45. The van der Waals surface area contributed by atoms with Crippen molar-refractivity contribution in [3.8, 4) is 28.5 Å². The molecule has 32 heavy (non-hydrogen) atoms. The SMILES string of the molecule is Cn1ncc(-c2ccc3c(=O)[nH]nc(CN)c3c2)c1-c1c(C#N)cc2ncccc2c1F. The van der Waals surface area contributed by atoms with Crippen LogP contribution in [0.5, 0.6) is 0 Å². The Balaban J connectivity index is 1.82. The molecule has 0 aliphatic rings. The zero-order valence-electron chi connectivity index (χ0n) is 16.9. The molecule has 0 saturated heterocycles. The van der Waals surface area contributed by atoms with Crippen LogP contribution in [0, 0.1) is 17.1 Å². The first-order chi connectivity index (χ1) is 15.5. The van der Waals surface area contributed by atoms with E-state index < -0.39 is 5.82 Å². The molecule has 5 rings (SSSR count). The van der Waals surface area contributed by atoms with Crippen LogP contribution in [0.25, 0.3) is 44.1 Å². The van der Waals surface area contributed by atoms with Crippen molar-refractivity contribution in [2.24, 2.45) is 12.8 Å². The van der Waals surface area contributed by atoms with E-state index in [1.165, 1.54) is 4.68 Å². The van der Waals surface area contributed by atoms with Gasteiger partial charge in [0.25, 0.3) is 5.56 Å². The molecule has 0 amide bonds. The number of fused-ring (bicyclic) bond motifs is 2. The molecule has 8 nitrogen and oxygen atoms in total. The van der Waals surface area contributed by atoms with Crippen molar-refractivity contribution >= 4 is 21.7 Å². The molecule has 0 saturated carbocycles. The summed E-state index contributed by atoms with van der Waals surface area (Å²) in [6.45, 7) is 0.140. The van der Waals surface area contributed by atoms with Crippen molar-refractivity contribution in [2.45, 2.75) is 6.54 Å². The minimum Gasteiger partial charge on any atom is -0.325 e. The van der Waals surface area contributed by atoms with E-state index in [1.54, 1.807) is 55.8 Å². The molecule has 3 N–H and O–H groups in total. The average Bonchev–Trinajstić information content (AvgIpc) is 3.20. The molecule has 0 spiro atoms. The van der Waals surface area contributed by atoms with E-state index in [0.29, 0.717) is 44.2 Å². The number of aromatic nitrogens is 5. The lowest BCUT2D eigenvalue weighted by Gasteiger charge is -2.12. The number of nitrogens with two attached hydrogens (primary N) is 1. The average molecular weight is 425 g/mol. The molecule has 3 aromatic heterocycles. The molecular formula is C23H16FN7O. The van der Waals surface area contributed by atoms with E-state index in [1.807, 2.05) is 0 Å². The summed E-state index contributed by atoms with van der Waals surface area (Å²) in [7, 11) is 1.69. The lowest BCUT2D eigenvalue weighted by Crippen LogP contribution is -2.13. The highest BCUT2D eigenvalue weighted by molar-refractivity contribution is 5.95. The van der Waals surface area contributed by atoms with E-state index in [-0.39, 0.29) is 23.2 Å². The van der Waals surface area contributed by atoms with Crippen molar-refractivity contribution in [3.05, 3.63) is 76.2 Å². The van der Waals surface area contributed by atoms with Gasteiger partial charge in [0.2, 0.25) is 0 Å². The smallest absolute Gasteiger partial charge is 0.272 e. The molecule has 0 bridgehead atoms. The van der Waals surface area contributed by atoms with E-state index in [9.17, 15) is 10.1 Å². The normalized spacial score (nSPS) is 11.2. The molecular weight excluding hydrogens is 409 g/mol. The standard InChI is InChI=1S/C23H16FN7O/c1-31-22(20-13(9-25)8-18-15(21(20)24)3-2-6-27-18)17(11-28-31)12-4-5-14-16(7-12)19(10-26)29-30-23(14)32/h2-8,11H,10,26H2,1H3,(H,30,32). The fourth-order valence-electron chi connectivity index (χ4n) is 3.99. The number of hydrogen-bond acceptors (Lipinski definition) is 6. The number of benzene rings is 2. The predicted molar refractivity (Wildman–Crippen MR) is 118 cm³/mol. The number of H-pyrrole nitrogens is 1. The highest BCUT2D eigenvalue weighted by Crippen LogP contribution is 2.38. The van der Waals surface area contributed by atoms with Crippen LogP contribution in [0.3, 0.4) is 0 Å². The monoisotopic (exact) mass is 425 g/mol. The third-order valence-corrected chi connectivity index (χ3v) is 5.51. The van der Waals surface area contributed by atoms with Gasteiger partial charge in [0.1, 0.15) is 11.9 Å². The largest absolute Gasteiger partial charge is 0.325 e. The molecule has 2 aromatic carbocycles. The third-order valence-electron chi connectivity index (χ3n) is 5.51. The fraction of sp³-hybridized carbons (Fsp3) is 0.0870. The summed E-state index contributed by atoms with van der Waals surface area (Å²) >= 11 is 0. The van der Waals surface area contributed by atoms with Crippen LogP contribution in [0.4, 0.5) is 4.39 Å². The van der Waals surface area contributed by atoms with Crippen LogP contribution in [0.1, 0.15) is 11.3 Å². The van der Waals surface area contributed by atoms with E-state index in [0.717, 1.165) is 0 Å². The van der Waals surface area contributed by atoms with E-state index in [4.69, 9.17) is 5.73 Å². The highest BCUT2D eigenvalue weighted by Gasteiger charge is 2.23. The maximum absolute atomic E-state index is 15.7. The molecule has 156 valence electrons. The predicted octanol–water partition coefficient (Wildman–Crippen LogP) is 3.01. The molecule has 3 heterocycles. The van der Waals surface area contributed by atoms with Gasteiger partial charge < -0.3 is 5.73 Å². The Morgan fingerprint density at radius 1 is 1.22 bits per heavy atom. The van der Waals surface area contributed by atoms with Gasteiger partial charge in [0.05, 0.1) is 39.6 Å². The lowest BCUT2D eigenvalue weighted by atomic mass is 9.94. The highest BCUT2D eigenvalue weighted by atomic mass is 19.1. The lowest BCUT2D eigenvalue weighted by molar-refractivity contribution is 0.639. The minimum absolute atomic E-state index is 0.140. The molecule has 0 aliphatic carbocycles. The molecule has 0 unspecified atom stereocenters.